The highest BCUT2D eigenvalue weighted by Gasteiger charge is 2.30. The van der Waals surface area contributed by atoms with E-state index in [1.165, 1.54) is 18.4 Å². The largest absolute Gasteiger partial charge is 0.313 e. The van der Waals surface area contributed by atoms with E-state index in [0.717, 1.165) is 28.2 Å². The Kier molecular flexibility index (Phi) is 5.86. The van der Waals surface area contributed by atoms with Gasteiger partial charge in [0.15, 0.2) is 4.80 Å². The van der Waals surface area contributed by atoms with Crippen molar-refractivity contribution in [3.05, 3.63) is 74.4 Å². The predicted molar refractivity (Wildman–Crippen MR) is 122 cm³/mol. The lowest BCUT2D eigenvalue weighted by Gasteiger charge is -2.36. The zero-order valence-corrected chi connectivity index (χ0v) is 18.4. The second-order valence-electron chi connectivity index (χ2n) is 8.36. The van der Waals surface area contributed by atoms with Gasteiger partial charge < -0.3 is 4.57 Å². The second-order valence-corrected chi connectivity index (χ2v) is 9.20. The van der Waals surface area contributed by atoms with Gasteiger partial charge in [0.1, 0.15) is 0 Å². The molecular formula is C24H27N3O2S. The Morgan fingerprint density at radius 2 is 1.90 bits per heavy atom. The number of non-ortho nitro benzene ring substituents is 1. The van der Waals surface area contributed by atoms with Crippen molar-refractivity contribution in [3.63, 3.8) is 0 Å². The fourth-order valence-corrected chi connectivity index (χ4v) is 5.33. The van der Waals surface area contributed by atoms with Gasteiger partial charge in [0.2, 0.25) is 0 Å². The summed E-state index contributed by atoms with van der Waals surface area (Å²) in [4.78, 5) is 16.9. The molecule has 3 unspecified atom stereocenters. The van der Waals surface area contributed by atoms with E-state index < -0.39 is 0 Å². The molecule has 1 heterocycles. The van der Waals surface area contributed by atoms with Crippen molar-refractivity contribution in [2.24, 2.45) is 16.8 Å². The summed E-state index contributed by atoms with van der Waals surface area (Å²) in [5.41, 5.74) is 4.14. The molecule has 156 valence electrons. The van der Waals surface area contributed by atoms with Crippen molar-refractivity contribution < 1.29 is 4.92 Å². The van der Waals surface area contributed by atoms with E-state index in [4.69, 9.17) is 4.99 Å². The summed E-state index contributed by atoms with van der Waals surface area (Å²) in [5, 5.41) is 13.4. The van der Waals surface area contributed by atoms with Crippen molar-refractivity contribution in [2.75, 3.05) is 0 Å². The number of hydrogen-bond acceptors (Lipinski definition) is 4. The van der Waals surface area contributed by atoms with Crippen LogP contribution in [0, 0.1) is 28.9 Å². The minimum absolute atomic E-state index is 0.118. The van der Waals surface area contributed by atoms with Gasteiger partial charge in [-0.05, 0) is 37.3 Å². The van der Waals surface area contributed by atoms with Gasteiger partial charge in [0.05, 0.1) is 16.3 Å². The van der Waals surface area contributed by atoms with E-state index in [1.807, 2.05) is 18.2 Å². The first kappa shape index (κ1) is 20.5. The Balaban J connectivity index is 1.89. The quantitative estimate of drug-likeness (QED) is 0.349. The van der Waals surface area contributed by atoms with Gasteiger partial charge in [-0.25, -0.2) is 4.99 Å². The SMILES string of the molecule is Cc1ccc(N=c2scc(-c3cccc([N+](=O)[O-])c3)n2C2CCCC(C)C2C)cc1. The average molecular weight is 422 g/mol. The summed E-state index contributed by atoms with van der Waals surface area (Å²) in [6.07, 6.45) is 3.54. The van der Waals surface area contributed by atoms with Gasteiger partial charge in [-0.2, -0.15) is 0 Å². The van der Waals surface area contributed by atoms with Crippen LogP contribution < -0.4 is 4.80 Å². The first-order valence-electron chi connectivity index (χ1n) is 10.5. The van der Waals surface area contributed by atoms with Crippen LogP contribution in [0.1, 0.15) is 44.7 Å². The predicted octanol–water partition coefficient (Wildman–Crippen LogP) is 6.66. The van der Waals surface area contributed by atoms with Gasteiger partial charge >= 0.3 is 0 Å². The van der Waals surface area contributed by atoms with Crippen LogP contribution in [-0.2, 0) is 0 Å². The zero-order valence-electron chi connectivity index (χ0n) is 17.6. The molecule has 1 aliphatic carbocycles. The van der Waals surface area contributed by atoms with Crippen molar-refractivity contribution in [2.45, 2.75) is 46.1 Å². The van der Waals surface area contributed by atoms with Gasteiger partial charge in [-0.1, -0.05) is 56.5 Å². The average Bonchev–Trinajstić information content (AvgIpc) is 3.15. The fourth-order valence-electron chi connectivity index (χ4n) is 4.36. The van der Waals surface area contributed by atoms with E-state index in [0.29, 0.717) is 17.9 Å². The van der Waals surface area contributed by atoms with Crippen LogP contribution in [0.3, 0.4) is 0 Å². The minimum atomic E-state index is -0.330. The highest BCUT2D eigenvalue weighted by molar-refractivity contribution is 7.07. The minimum Gasteiger partial charge on any atom is -0.313 e. The van der Waals surface area contributed by atoms with Crippen LogP contribution in [0.2, 0.25) is 0 Å². The molecule has 0 spiro atoms. The Hall–Kier alpha value is -2.73. The standard InChI is InChI=1S/C24H27N3O2S/c1-16-10-12-20(13-11-16)25-24-26(22-9-4-6-17(2)18(22)3)23(15-30-24)19-7-5-8-21(14-19)27(28)29/h5,7-8,10-15,17-18,22H,4,6,9H2,1-3H3. The number of nitrogens with zero attached hydrogens (tertiary/aromatic N) is 3. The Bertz CT molecular complexity index is 1110. The summed E-state index contributed by atoms with van der Waals surface area (Å²) in [6, 6.07) is 15.5. The van der Waals surface area contributed by atoms with Gasteiger partial charge in [0, 0.05) is 29.1 Å². The zero-order chi connectivity index (χ0) is 21.3. The van der Waals surface area contributed by atoms with E-state index >= 15 is 0 Å². The van der Waals surface area contributed by atoms with Gasteiger partial charge in [-0.3, -0.25) is 10.1 Å². The van der Waals surface area contributed by atoms with E-state index in [9.17, 15) is 10.1 Å². The molecule has 1 fully saturated rings. The first-order valence-corrected chi connectivity index (χ1v) is 11.4. The number of aromatic nitrogens is 1. The topological polar surface area (TPSA) is 60.4 Å². The molecule has 5 nitrogen and oxygen atoms in total. The van der Waals surface area contributed by atoms with Gasteiger partial charge in [0.25, 0.3) is 5.69 Å². The van der Waals surface area contributed by atoms with E-state index in [1.54, 1.807) is 29.5 Å². The highest BCUT2D eigenvalue weighted by Crippen LogP contribution is 2.40. The fraction of sp³-hybridized carbons (Fsp3) is 0.375. The maximum absolute atomic E-state index is 11.3. The maximum atomic E-state index is 11.3. The van der Waals surface area contributed by atoms with Crippen LogP contribution in [0.15, 0.2) is 58.9 Å². The summed E-state index contributed by atoms with van der Waals surface area (Å²) in [5.74, 6) is 1.16. The van der Waals surface area contributed by atoms with Crippen LogP contribution in [0.5, 0.6) is 0 Å². The second kappa shape index (κ2) is 8.56. The summed E-state index contributed by atoms with van der Waals surface area (Å²) in [6.45, 7) is 6.72. The molecule has 0 bridgehead atoms. The van der Waals surface area contributed by atoms with Crippen molar-refractivity contribution in [1.29, 1.82) is 0 Å². The van der Waals surface area contributed by atoms with Crippen molar-refractivity contribution >= 4 is 22.7 Å². The molecule has 4 rings (SSSR count). The molecular weight excluding hydrogens is 394 g/mol. The molecule has 6 heteroatoms. The molecule has 3 atom stereocenters. The Morgan fingerprint density at radius 3 is 2.63 bits per heavy atom. The molecule has 3 aromatic rings. The number of aryl methyl sites for hydroxylation is 1. The van der Waals surface area contributed by atoms with Crippen LogP contribution in [0.25, 0.3) is 11.3 Å². The first-order chi connectivity index (χ1) is 14.4. The number of hydrogen-bond donors (Lipinski definition) is 0. The molecule has 0 saturated heterocycles. The highest BCUT2D eigenvalue weighted by atomic mass is 32.1. The van der Waals surface area contributed by atoms with Gasteiger partial charge in [-0.15, -0.1) is 11.3 Å². The number of rotatable bonds is 4. The molecule has 2 aromatic carbocycles. The lowest BCUT2D eigenvalue weighted by Crippen LogP contribution is -2.32. The summed E-state index contributed by atoms with van der Waals surface area (Å²) >= 11 is 1.61. The third-order valence-corrected chi connectivity index (χ3v) is 7.19. The molecule has 0 aliphatic heterocycles. The van der Waals surface area contributed by atoms with Crippen LogP contribution >= 0.6 is 11.3 Å². The lowest BCUT2D eigenvalue weighted by atomic mass is 9.78. The summed E-state index contributed by atoms with van der Waals surface area (Å²) < 4.78 is 2.34. The maximum Gasteiger partial charge on any atom is 0.270 e. The molecule has 1 saturated carbocycles. The number of nitro benzene ring substituents is 1. The van der Waals surface area contributed by atoms with E-state index in [-0.39, 0.29) is 10.6 Å². The van der Waals surface area contributed by atoms with Crippen molar-refractivity contribution in [3.8, 4) is 11.3 Å². The van der Waals surface area contributed by atoms with Crippen molar-refractivity contribution in [1.82, 2.24) is 4.57 Å². The molecule has 1 aromatic heterocycles. The number of nitro groups is 1. The normalized spacial score (nSPS) is 22.2. The smallest absolute Gasteiger partial charge is 0.270 e. The molecule has 0 N–H and O–H groups in total. The lowest BCUT2D eigenvalue weighted by molar-refractivity contribution is -0.384. The molecule has 0 radical (unpaired) electrons. The Morgan fingerprint density at radius 1 is 1.13 bits per heavy atom. The number of benzene rings is 2. The molecule has 1 aliphatic rings. The van der Waals surface area contributed by atoms with Crippen LogP contribution in [-0.4, -0.2) is 9.49 Å². The van der Waals surface area contributed by atoms with Crippen LogP contribution in [0.4, 0.5) is 11.4 Å². The molecule has 30 heavy (non-hydrogen) atoms. The third kappa shape index (κ3) is 4.10. The Labute approximate surface area is 180 Å². The van der Waals surface area contributed by atoms with E-state index in [2.05, 4.69) is 42.9 Å². The monoisotopic (exact) mass is 421 g/mol. The molecule has 0 amide bonds. The number of thiazole rings is 1. The third-order valence-electron chi connectivity index (χ3n) is 6.35. The summed E-state index contributed by atoms with van der Waals surface area (Å²) in [7, 11) is 0.